The standard InChI is InChI=1S/C27H35N7O2/c1-16-12-33(13-17(2)30-16)27(36)21-9-22-23(11-29-26(22)28-10-21)24-7-6-8-25(31-24)32-14-18(3)34(20(5)35)19(4)15-32/h6-11,16-19,30H,12-15H2,1-5H3,(H,28,29)/t16-,17+,18-,19+. The molecule has 5 rings (SSSR count). The number of fused-ring (bicyclic) bond motifs is 1. The number of hydrogen-bond acceptors (Lipinski definition) is 6. The van der Waals surface area contributed by atoms with Gasteiger partial charge in [-0.1, -0.05) is 6.07 Å². The molecule has 2 N–H and O–H groups in total. The van der Waals surface area contributed by atoms with E-state index in [0.29, 0.717) is 18.7 Å². The molecule has 190 valence electrons. The summed E-state index contributed by atoms with van der Waals surface area (Å²) in [6, 6.07) is 8.67. The molecule has 5 heterocycles. The number of aromatic amines is 1. The Morgan fingerprint density at radius 2 is 1.69 bits per heavy atom. The van der Waals surface area contributed by atoms with Crippen LogP contribution in [0.3, 0.4) is 0 Å². The Labute approximate surface area is 211 Å². The van der Waals surface area contributed by atoms with Crippen LogP contribution in [0.4, 0.5) is 5.82 Å². The topological polar surface area (TPSA) is 97.5 Å². The average Bonchev–Trinajstić information content (AvgIpc) is 3.25. The number of nitrogens with one attached hydrogen (secondary N) is 2. The van der Waals surface area contributed by atoms with E-state index in [0.717, 1.165) is 41.2 Å². The van der Waals surface area contributed by atoms with Gasteiger partial charge in [0.2, 0.25) is 5.91 Å². The first kappa shape index (κ1) is 24.2. The van der Waals surface area contributed by atoms with Gasteiger partial charge in [-0.2, -0.15) is 0 Å². The Hall–Kier alpha value is -3.46. The lowest BCUT2D eigenvalue weighted by Crippen LogP contribution is -2.58. The van der Waals surface area contributed by atoms with Crippen molar-refractivity contribution >= 4 is 28.7 Å². The summed E-state index contributed by atoms with van der Waals surface area (Å²) in [6.45, 7) is 12.8. The zero-order valence-electron chi connectivity index (χ0n) is 21.7. The molecule has 0 aliphatic carbocycles. The maximum absolute atomic E-state index is 13.3. The van der Waals surface area contributed by atoms with Crippen molar-refractivity contribution in [2.45, 2.75) is 58.8 Å². The molecule has 9 heteroatoms. The summed E-state index contributed by atoms with van der Waals surface area (Å²) >= 11 is 0. The first-order valence-electron chi connectivity index (χ1n) is 12.7. The van der Waals surface area contributed by atoms with Crippen LogP contribution in [0.5, 0.6) is 0 Å². The summed E-state index contributed by atoms with van der Waals surface area (Å²) in [7, 11) is 0. The molecule has 2 aliphatic heterocycles. The smallest absolute Gasteiger partial charge is 0.255 e. The van der Waals surface area contributed by atoms with Gasteiger partial charge >= 0.3 is 0 Å². The van der Waals surface area contributed by atoms with Crippen molar-refractivity contribution in [3.05, 3.63) is 42.2 Å². The number of aromatic nitrogens is 3. The van der Waals surface area contributed by atoms with Gasteiger partial charge in [-0.05, 0) is 45.9 Å². The minimum atomic E-state index is 0.00442. The van der Waals surface area contributed by atoms with Crippen LogP contribution in [-0.4, -0.2) is 86.9 Å². The number of H-pyrrole nitrogens is 1. The van der Waals surface area contributed by atoms with E-state index >= 15 is 0 Å². The first-order chi connectivity index (χ1) is 17.2. The van der Waals surface area contributed by atoms with Gasteiger partial charge in [0, 0.05) is 80.6 Å². The summed E-state index contributed by atoms with van der Waals surface area (Å²) in [4.78, 5) is 44.2. The zero-order valence-corrected chi connectivity index (χ0v) is 21.7. The van der Waals surface area contributed by atoms with Crippen molar-refractivity contribution in [1.82, 2.24) is 30.1 Å². The first-order valence-corrected chi connectivity index (χ1v) is 12.7. The molecule has 3 aromatic heterocycles. The predicted octanol–water partition coefficient (Wildman–Crippen LogP) is 2.89. The molecule has 4 atom stereocenters. The quantitative estimate of drug-likeness (QED) is 0.587. The fourth-order valence-electron chi connectivity index (χ4n) is 5.89. The van der Waals surface area contributed by atoms with Crippen LogP contribution in [0.1, 0.15) is 45.0 Å². The van der Waals surface area contributed by atoms with E-state index in [-0.39, 0.29) is 36.0 Å². The minimum absolute atomic E-state index is 0.00442. The molecule has 0 spiro atoms. The van der Waals surface area contributed by atoms with Gasteiger partial charge in [0.25, 0.3) is 5.91 Å². The number of rotatable bonds is 3. The van der Waals surface area contributed by atoms with Crippen molar-refractivity contribution < 1.29 is 9.59 Å². The molecule has 0 saturated carbocycles. The molecular weight excluding hydrogens is 454 g/mol. The van der Waals surface area contributed by atoms with Gasteiger partial charge in [-0.15, -0.1) is 0 Å². The van der Waals surface area contributed by atoms with Crippen LogP contribution >= 0.6 is 0 Å². The summed E-state index contributed by atoms with van der Waals surface area (Å²) in [5.74, 6) is 0.996. The molecule has 9 nitrogen and oxygen atoms in total. The third-order valence-corrected chi connectivity index (χ3v) is 7.24. The summed E-state index contributed by atoms with van der Waals surface area (Å²) < 4.78 is 0. The Bertz CT molecular complexity index is 1270. The van der Waals surface area contributed by atoms with Crippen LogP contribution < -0.4 is 10.2 Å². The van der Waals surface area contributed by atoms with E-state index in [4.69, 9.17) is 4.98 Å². The number of piperazine rings is 2. The SMILES string of the molecule is CC(=O)N1[C@H](C)CN(c2cccc(-c3c[nH]c4ncc(C(=O)N5C[C@@H](C)N[C@@H](C)C5)cc34)n2)C[C@@H]1C. The third kappa shape index (κ3) is 4.55. The number of amides is 2. The molecule has 2 aliphatic rings. The van der Waals surface area contributed by atoms with Crippen LogP contribution in [0.15, 0.2) is 36.7 Å². The van der Waals surface area contributed by atoms with E-state index < -0.39 is 0 Å². The molecular formula is C27H35N7O2. The fourth-order valence-corrected chi connectivity index (χ4v) is 5.89. The highest BCUT2D eigenvalue weighted by molar-refractivity contribution is 6.00. The number of nitrogens with zero attached hydrogens (tertiary/aromatic N) is 5. The van der Waals surface area contributed by atoms with E-state index in [2.05, 4.69) is 47.9 Å². The fraction of sp³-hybridized carbons (Fsp3) is 0.481. The maximum atomic E-state index is 13.3. The number of hydrogen-bond donors (Lipinski definition) is 2. The van der Waals surface area contributed by atoms with Gasteiger partial charge in [-0.3, -0.25) is 9.59 Å². The molecule has 0 unspecified atom stereocenters. The highest BCUT2D eigenvalue weighted by atomic mass is 16.2. The lowest BCUT2D eigenvalue weighted by atomic mass is 10.1. The second-order valence-electron chi connectivity index (χ2n) is 10.4. The molecule has 3 aromatic rings. The Balaban J connectivity index is 1.43. The van der Waals surface area contributed by atoms with E-state index in [1.807, 2.05) is 40.3 Å². The summed E-state index contributed by atoms with van der Waals surface area (Å²) in [5, 5.41) is 4.35. The second-order valence-corrected chi connectivity index (χ2v) is 10.4. The third-order valence-electron chi connectivity index (χ3n) is 7.24. The van der Waals surface area contributed by atoms with Crippen LogP contribution in [0, 0.1) is 0 Å². The second kappa shape index (κ2) is 9.54. The van der Waals surface area contributed by atoms with Crippen LogP contribution in [-0.2, 0) is 4.79 Å². The van der Waals surface area contributed by atoms with Gasteiger partial charge in [0.1, 0.15) is 11.5 Å². The van der Waals surface area contributed by atoms with Crippen molar-refractivity contribution in [1.29, 1.82) is 0 Å². The number of pyridine rings is 2. The zero-order chi connectivity index (χ0) is 25.6. The van der Waals surface area contributed by atoms with E-state index in [9.17, 15) is 9.59 Å². The van der Waals surface area contributed by atoms with Gasteiger partial charge in [0.15, 0.2) is 0 Å². The monoisotopic (exact) mass is 489 g/mol. The molecule has 0 radical (unpaired) electrons. The molecule has 2 fully saturated rings. The molecule has 36 heavy (non-hydrogen) atoms. The van der Waals surface area contributed by atoms with Crippen LogP contribution in [0.2, 0.25) is 0 Å². The van der Waals surface area contributed by atoms with Crippen molar-refractivity contribution in [2.24, 2.45) is 0 Å². The lowest BCUT2D eigenvalue weighted by Gasteiger charge is -2.44. The van der Waals surface area contributed by atoms with Gasteiger partial charge < -0.3 is 25.0 Å². The lowest BCUT2D eigenvalue weighted by molar-refractivity contribution is -0.133. The number of anilines is 1. The van der Waals surface area contributed by atoms with Gasteiger partial charge in [0.05, 0.1) is 11.3 Å². The van der Waals surface area contributed by atoms with Crippen molar-refractivity contribution in [3.8, 4) is 11.3 Å². The van der Waals surface area contributed by atoms with Crippen molar-refractivity contribution in [2.75, 3.05) is 31.1 Å². The normalized spacial score (nSPS) is 24.9. The highest BCUT2D eigenvalue weighted by Crippen LogP contribution is 2.30. The predicted molar refractivity (Wildman–Crippen MR) is 141 cm³/mol. The Kier molecular flexibility index (Phi) is 6.42. The summed E-state index contributed by atoms with van der Waals surface area (Å²) in [5.41, 5.74) is 3.06. The minimum Gasteiger partial charge on any atom is -0.352 e. The molecule has 0 aromatic carbocycles. The Morgan fingerprint density at radius 1 is 1.00 bits per heavy atom. The molecule has 2 amide bonds. The number of carbonyl (C=O) groups is 2. The van der Waals surface area contributed by atoms with Crippen LogP contribution in [0.25, 0.3) is 22.3 Å². The Morgan fingerprint density at radius 3 is 2.36 bits per heavy atom. The average molecular weight is 490 g/mol. The van der Waals surface area contributed by atoms with E-state index in [1.54, 1.807) is 13.1 Å². The number of carbonyl (C=O) groups excluding carboxylic acids is 2. The van der Waals surface area contributed by atoms with E-state index in [1.165, 1.54) is 0 Å². The highest BCUT2D eigenvalue weighted by Gasteiger charge is 2.32. The summed E-state index contributed by atoms with van der Waals surface area (Å²) in [6.07, 6.45) is 3.56. The largest absolute Gasteiger partial charge is 0.352 e. The van der Waals surface area contributed by atoms with Gasteiger partial charge in [-0.25, -0.2) is 9.97 Å². The van der Waals surface area contributed by atoms with Crippen molar-refractivity contribution in [3.63, 3.8) is 0 Å². The maximum Gasteiger partial charge on any atom is 0.255 e. The molecule has 0 bridgehead atoms. The molecule has 2 saturated heterocycles.